The highest BCUT2D eigenvalue weighted by Gasteiger charge is 2.25. The minimum Gasteiger partial charge on any atom is -0.333 e. The fraction of sp³-hybridized carbons (Fsp3) is 0.607. The molecule has 2 aromatic rings. The van der Waals surface area contributed by atoms with Crippen molar-refractivity contribution in [1.82, 2.24) is 14.7 Å². The number of nitrogens with zero attached hydrogens (tertiary/aromatic N) is 3. The van der Waals surface area contributed by atoms with E-state index in [1.807, 2.05) is 50.6 Å². The molecule has 0 aliphatic rings. The minimum absolute atomic E-state index is 0.0250. The van der Waals surface area contributed by atoms with Gasteiger partial charge in [0.15, 0.2) is 0 Å². The molecular formula is C28H44N4O2. The van der Waals surface area contributed by atoms with E-state index in [1.165, 1.54) is 5.56 Å². The van der Waals surface area contributed by atoms with Gasteiger partial charge in [-0.15, -0.1) is 0 Å². The summed E-state index contributed by atoms with van der Waals surface area (Å²) in [5, 5.41) is 7.89. The van der Waals surface area contributed by atoms with Crippen molar-refractivity contribution in [1.29, 1.82) is 0 Å². The molecule has 1 aromatic heterocycles. The zero-order valence-corrected chi connectivity index (χ0v) is 22.7. The molecular weight excluding hydrogens is 424 g/mol. The van der Waals surface area contributed by atoms with Gasteiger partial charge in [0.05, 0.1) is 17.9 Å². The first-order chi connectivity index (χ1) is 15.7. The summed E-state index contributed by atoms with van der Waals surface area (Å²) in [5.74, 6) is 0.445. The lowest BCUT2D eigenvalue weighted by atomic mass is 9.91. The van der Waals surface area contributed by atoms with Crippen molar-refractivity contribution in [3.8, 4) is 5.69 Å². The average molecular weight is 469 g/mol. The third kappa shape index (κ3) is 8.00. The normalized spacial score (nSPS) is 12.0. The Morgan fingerprint density at radius 3 is 2.26 bits per heavy atom. The van der Waals surface area contributed by atoms with Crippen molar-refractivity contribution in [2.75, 3.05) is 18.4 Å². The zero-order valence-electron chi connectivity index (χ0n) is 22.7. The van der Waals surface area contributed by atoms with Crippen molar-refractivity contribution in [3.05, 3.63) is 41.1 Å². The molecule has 188 valence electrons. The van der Waals surface area contributed by atoms with Gasteiger partial charge in [0.2, 0.25) is 11.8 Å². The molecule has 0 radical (unpaired) electrons. The standard InChI is InChI=1S/C28H44N4O2/c1-10-11-12-15-31(26(34)18-27(4,5)6)19-25(33)29-24-17-23(28(7,8)9)30-32(24)22-14-13-20(2)16-21(22)3/h13-14,16-17H,10-12,15,18-19H2,1-9H3,(H,29,33). The minimum atomic E-state index is -0.204. The topological polar surface area (TPSA) is 67.2 Å². The summed E-state index contributed by atoms with van der Waals surface area (Å²) in [7, 11) is 0. The van der Waals surface area contributed by atoms with Crippen LogP contribution >= 0.6 is 0 Å². The largest absolute Gasteiger partial charge is 0.333 e. The lowest BCUT2D eigenvalue weighted by molar-refractivity contribution is -0.136. The van der Waals surface area contributed by atoms with E-state index in [9.17, 15) is 9.59 Å². The second kappa shape index (κ2) is 11.2. The summed E-state index contributed by atoms with van der Waals surface area (Å²) in [6.45, 7) is 19.3. The molecule has 1 aromatic carbocycles. The van der Waals surface area contributed by atoms with Crippen molar-refractivity contribution < 1.29 is 9.59 Å². The van der Waals surface area contributed by atoms with Gasteiger partial charge in [-0.3, -0.25) is 9.59 Å². The molecule has 0 saturated heterocycles. The number of rotatable bonds is 9. The highest BCUT2D eigenvalue weighted by molar-refractivity contribution is 5.94. The van der Waals surface area contributed by atoms with E-state index in [1.54, 1.807) is 4.90 Å². The smallest absolute Gasteiger partial charge is 0.245 e. The Morgan fingerprint density at radius 1 is 1.03 bits per heavy atom. The Balaban J connectivity index is 2.31. The van der Waals surface area contributed by atoms with Crippen molar-refractivity contribution >= 4 is 17.6 Å². The number of nitrogens with one attached hydrogen (secondary N) is 1. The second-order valence-corrected chi connectivity index (χ2v) is 11.7. The van der Waals surface area contributed by atoms with Crippen LogP contribution in [0.1, 0.15) is 91.0 Å². The molecule has 1 heterocycles. The number of hydrogen-bond acceptors (Lipinski definition) is 3. The fourth-order valence-corrected chi connectivity index (χ4v) is 3.83. The van der Waals surface area contributed by atoms with Gasteiger partial charge in [-0.1, -0.05) is 79.0 Å². The van der Waals surface area contributed by atoms with E-state index in [4.69, 9.17) is 5.10 Å². The molecule has 0 aliphatic heterocycles. The highest BCUT2D eigenvalue weighted by Crippen LogP contribution is 2.28. The molecule has 6 nitrogen and oxygen atoms in total. The molecule has 0 spiro atoms. The summed E-state index contributed by atoms with van der Waals surface area (Å²) in [6.07, 6.45) is 3.42. The first kappa shape index (κ1) is 27.6. The zero-order chi connectivity index (χ0) is 25.7. The van der Waals surface area contributed by atoms with Crippen LogP contribution in [0.3, 0.4) is 0 Å². The maximum atomic E-state index is 13.2. The predicted octanol–water partition coefficient (Wildman–Crippen LogP) is 6.18. The molecule has 0 saturated carbocycles. The predicted molar refractivity (Wildman–Crippen MR) is 141 cm³/mol. The van der Waals surface area contributed by atoms with Gasteiger partial charge in [0, 0.05) is 24.4 Å². The van der Waals surface area contributed by atoms with Gasteiger partial charge in [-0.05, 0) is 37.3 Å². The van der Waals surface area contributed by atoms with E-state index in [2.05, 4.69) is 46.0 Å². The fourth-order valence-electron chi connectivity index (χ4n) is 3.83. The van der Waals surface area contributed by atoms with Crippen LogP contribution in [0.2, 0.25) is 0 Å². The summed E-state index contributed by atoms with van der Waals surface area (Å²) in [5.41, 5.74) is 3.79. The first-order valence-electron chi connectivity index (χ1n) is 12.5. The van der Waals surface area contributed by atoms with Crippen LogP contribution in [0.4, 0.5) is 5.82 Å². The van der Waals surface area contributed by atoms with E-state index in [-0.39, 0.29) is 29.2 Å². The number of carbonyl (C=O) groups is 2. The average Bonchev–Trinajstić information content (AvgIpc) is 3.10. The molecule has 1 N–H and O–H groups in total. The van der Waals surface area contributed by atoms with E-state index in [0.717, 1.165) is 36.2 Å². The third-order valence-electron chi connectivity index (χ3n) is 5.73. The Morgan fingerprint density at radius 2 is 1.71 bits per heavy atom. The van der Waals surface area contributed by atoms with Crippen LogP contribution in [-0.2, 0) is 15.0 Å². The Kier molecular flexibility index (Phi) is 9.09. The molecule has 0 fully saturated rings. The lowest BCUT2D eigenvalue weighted by Crippen LogP contribution is -2.40. The lowest BCUT2D eigenvalue weighted by Gasteiger charge is -2.26. The van der Waals surface area contributed by atoms with Crippen molar-refractivity contribution in [2.24, 2.45) is 5.41 Å². The first-order valence-corrected chi connectivity index (χ1v) is 12.5. The van der Waals surface area contributed by atoms with Crippen molar-refractivity contribution in [3.63, 3.8) is 0 Å². The van der Waals surface area contributed by atoms with E-state index in [0.29, 0.717) is 18.8 Å². The van der Waals surface area contributed by atoms with Crippen LogP contribution < -0.4 is 5.32 Å². The molecule has 34 heavy (non-hydrogen) atoms. The summed E-state index contributed by atoms with van der Waals surface area (Å²) >= 11 is 0. The van der Waals surface area contributed by atoms with Gasteiger partial charge in [0.1, 0.15) is 5.82 Å². The van der Waals surface area contributed by atoms with Crippen molar-refractivity contribution in [2.45, 2.75) is 93.4 Å². The molecule has 0 aliphatic carbocycles. The number of carbonyl (C=O) groups excluding carboxylic acids is 2. The molecule has 0 unspecified atom stereocenters. The second-order valence-electron chi connectivity index (χ2n) is 11.7. The molecule has 0 atom stereocenters. The van der Waals surface area contributed by atoms with Crippen LogP contribution in [0.15, 0.2) is 24.3 Å². The van der Waals surface area contributed by atoms with Gasteiger partial charge in [0.25, 0.3) is 0 Å². The van der Waals surface area contributed by atoms with Crippen LogP contribution in [0, 0.1) is 19.3 Å². The maximum Gasteiger partial charge on any atom is 0.245 e. The quantitative estimate of drug-likeness (QED) is 0.447. The number of aromatic nitrogens is 2. The highest BCUT2D eigenvalue weighted by atomic mass is 16.2. The van der Waals surface area contributed by atoms with Gasteiger partial charge >= 0.3 is 0 Å². The number of hydrogen-bond donors (Lipinski definition) is 1. The number of amides is 2. The van der Waals surface area contributed by atoms with E-state index >= 15 is 0 Å². The summed E-state index contributed by atoms with van der Waals surface area (Å²) in [6, 6.07) is 8.13. The molecule has 2 amide bonds. The third-order valence-corrected chi connectivity index (χ3v) is 5.73. The SMILES string of the molecule is CCCCCN(CC(=O)Nc1cc(C(C)(C)C)nn1-c1ccc(C)cc1C)C(=O)CC(C)(C)C. The molecule has 2 rings (SSSR count). The number of anilines is 1. The van der Waals surface area contributed by atoms with Gasteiger partial charge in [-0.25, -0.2) is 4.68 Å². The number of benzene rings is 1. The maximum absolute atomic E-state index is 13.2. The molecule has 6 heteroatoms. The Bertz CT molecular complexity index is 993. The number of aryl methyl sites for hydroxylation is 2. The Hall–Kier alpha value is -2.63. The van der Waals surface area contributed by atoms with Crippen LogP contribution in [0.5, 0.6) is 0 Å². The summed E-state index contributed by atoms with van der Waals surface area (Å²) < 4.78 is 1.81. The number of unbranched alkanes of at least 4 members (excludes halogenated alkanes) is 2. The van der Waals surface area contributed by atoms with Gasteiger partial charge in [-0.2, -0.15) is 5.10 Å². The summed E-state index contributed by atoms with van der Waals surface area (Å²) in [4.78, 5) is 27.8. The van der Waals surface area contributed by atoms with Gasteiger partial charge < -0.3 is 10.2 Å². The van der Waals surface area contributed by atoms with Crippen LogP contribution in [-0.4, -0.2) is 39.6 Å². The monoisotopic (exact) mass is 468 g/mol. The van der Waals surface area contributed by atoms with E-state index < -0.39 is 0 Å². The van der Waals surface area contributed by atoms with Crippen LogP contribution in [0.25, 0.3) is 5.69 Å². The Labute approximate surface area is 206 Å². The molecule has 0 bridgehead atoms.